The first-order valence-corrected chi connectivity index (χ1v) is 8.86. The molecular weight excluding hydrogens is 316 g/mol. The predicted molar refractivity (Wildman–Crippen MR) is 100 cm³/mol. The van der Waals surface area contributed by atoms with E-state index in [4.69, 9.17) is 0 Å². The first kappa shape index (κ1) is 16.4. The van der Waals surface area contributed by atoms with Crippen molar-refractivity contribution in [1.29, 1.82) is 0 Å². The van der Waals surface area contributed by atoms with Gasteiger partial charge < -0.3 is 5.32 Å². The van der Waals surface area contributed by atoms with Gasteiger partial charge >= 0.3 is 0 Å². The normalized spacial score (nSPS) is 10.6. The fourth-order valence-electron chi connectivity index (χ4n) is 2.46. The van der Waals surface area contributed by atoms with Crippen molar-refractivity contribution in [2.75, 3.05) is 5.32 Å². The maximum absolute atomic E-state index is 12.1. The zero-order valence-corrected chi connectivity index (χ0v) is 14.7. The van der Waals surface area contributed by atoms with Gasteiger partial charge in [0.2, 0.25) is 5.91 Å². The van der Waals surface area contributed by atoms with Crippen LogP contribution < -0.4 is 5.32 Å². The fourth-order valence-corrected chi connectivity index (χ4v) is 3.08. The van der Waals surface area contributed by atoms with E-state index < -0.39 is 0 Å². The van der Waals surface area contributed by atoms with Crippen LogP contribution in [0.5, 0.6) is 0 Å². The van der Waals surface area contributed by atoms with Crippen LogP contribution in [0.2, 0.25) is 0 Å². The van der Waals surface area contributed by atoms with Crippen molar-refractivity contribution in [3.63, 3.8) is 0 Å². The van der Waals surface area contributed by atoms with Gasteiger partial charge in [0.15, 0.2) is 0 Å². The van der Waals surface area contributed by atoms with E-state index in [1.807, 2.05) is 36.6 Å². The molecule has 0 saturated heterocycles. The Kier molecular flexibility index (Phi) is 5.06. The lowest BCUT2D eigenvalue weighted by Gasteiger charge is -2.06. The Bertz CT molecular complexity index is 820. The maximum Gasteiger partial charge on any atom is 0.224 e. The van der Waals surface area contributed by atoms with Crippen molar-refractivity contribution in [2.24, 2.45) is 0 Å². The number of aromatic nitrogens is 1. The fraction of sp³-hybridized carbons (Fsp3) is 0.200. The average molecular weight is 336 g/mol. The van der Waals surface area contributed by atoms with Crippen LogP contribution in [0.4, 0.5) is 5.69 Å². The number of thiazole rings is 1. The minimum Gasteiger partial charge on any atom is -0.326 e. The third-order valence-electron chi connectivity index (χ3n) is 3.84. The van der Waals surface area contributed by atoms with Crippen LogP contribution in [0.1, 0.15) is 22.6 Å². The standard InChI is InChI=1S/C20H20N2OS/c1-14-3-5-16(6-4-14)7-12-20(23)22-18-10-8-17(9-11-18)19-13-24-15(2)21-19/h3-6,8-11,13H,7,12H2,1-2H3,(H,22,23). The minimum absolute atomic E-state index is 0.0350. The Morgan fingerprint density at radius 2 is 1.75 bits per heavy atom. The van der Waals surface area contributed by atoms with Gasteiger partial charge in [0, 0.05) is 23.1 Å². The number of aryl methyl sites for hydroxylation is 3. The smallest absolute Gasteiger partial charge is 0.224 e. The number of hydrogen-bond donors (Lipinski definition) is 1. The summed E-state index contributed by atoms with van der Waals surface area (Å²) in [5, 5.41) is 6.05. The molecule has 1 aromatic heterocycles. The average Bonchev–Trinajstić information content (AvgIpc) is 3.01. The molecule has 2 aromatic carbocycles. The first-order chi connectivity index (χ1) is 11.6. The highest BCUT2D eigenvalue weighted by Crippen LogP contribution is 2.23. The van der Waals surface area contributed by atoms with E-state index in [1.165, 1.54) is 11.1 Å². The van der Waals surface area contributed by atoms with E-state index in [2.05, 4.69) is 41.5 Å². The molecule has 0 saturated carbocycles. The Morgan fingerprint density at radius 1 is 1.04 bits per heavy atom. The molecular formula is C20H20N2OS. The van der Waals surface area contributed by atoms with Crippen LogP contribution in [0.15, 0.2) is 53.9 Å². The summed E-state index contributed by atoms with van der Waals surface area (Å²) in [5.74, 6) is 0.0350. The highest BCUT2D eigenvalue weighted by atomic mass is 32.1. The number of hydrogen-bond acceptors (Lipinski definition) is 3. The van der Waals surface area contributed by atoms with Crippen LogP contribution in [-0.2, 0) is 11.2 Å². The second-order valence-electron chi connectivity index (χ2n) is 5.86. The van der Waals surface area contributed by atoms with Crippen molar-refractivity contribution in [1.82, 2.24) is 4.98 Å². The van der Waals surface area contributed by atoms with Crippen LogP contribution in [0, 0.1) is 13.8 Å². The number of benzene rings is 2. The zero-order chi connectivity index (χ0) is 16.9. The first-order valence-electron chi connectivity index (χ1n) is 7.98. The van der Waals surface area contributed by atoms with Gasteiger partial charge in [-0.15, -0.1) is 11.3 Å². The molecule has 0 radical (unpaired) electrons. The highest BCUT2D eigenvalue weighted by molar-refractivity contribution is 7.09. The summed E-state index contributed by atoms with van der Waals surface area (Å²) in [7, 11) is 0. The number of amides is 1. The van der Waals surface area contributed by atoms with Crippen LogP contribution >= 0.6 is 11.3 Å². The molecule has 0 aliphatic heterocycles. The molecule has 1 heterocycles. The van der Waals surface area contributed by atoms with E-state index in [0.29, 0.717) is 6.42 Å². The molecule has 3 aromatic rings. The molecule has 0 spiro atoms. The number of rotatable bonds is 5. The van der Waals surface area contributed by atoms with Gasteiger partial charge in [-0.2, -0.15) is 0 Å². The summed E-state index contributed by atoms with van der Waals surface area (Å²) in [6, 6.07) is 16.1. The van der Waals surface area contributed by atoms with Gasteiger partial charge in [0.25, 0.3) is 0 Å². The lowest BCUT2D eigenvalue weighted by molar-refractivity contribution is -0.116. The number of carbonyl (C=O) groups is 1. The molecule has 0 atom stereocenters. The number of anilines is 1. The summed E-state index contributed by atoms with van der Waals surface area (Å²) in [5.41, 5.74) is 5.29. The molecule has 0 aliphatic rings. The van der Waals surface area contributed by atoms with Crippen LogP contribution in [-0.4, -0.2) is 10.9 Å². The van der Waals surface area contributed by atoms with E-state index in [9.17, 15) is 4.79 Å². The largest absolute Gasteiger partial charge is 0.326 e. The Hall–Kier alpha value is -2.46. The van der Waals surface area contributed by atoms with Gasteiger partial charge in [-0.1, -0.05) is 42.0 Å². The molecule has 0 aliphatic carbocycles. The van der Waals surface area contributed by atoms with E-state index in [1.54, 1.807) is 11.3 Å². The van der Waals surface area contributed by atoms with E-state index in [-0.39, 0.29) is 5.91 Å². The third kappa shape index (κ3) is 4.30. The highest BCUT2D eigenvalue weighted by Gasteiger charge is 2.05. The van der Waals surface area contributed by atoms with E-state index in [0.717, 1.165) is 28.4 Å². The molecule has 24 heavy (non-hydrogen) atoms. The van der Waals surface area contributed by atoms with E-state index >= 15 is 0 Å². The minimum atomic E-state index is 0.0350. The SMILES string of the molecule is Cc1ccc(CCC(=O)Nc2ccc(-c3csc(C)n3)cc2)cc1. The van der Waals surface area contributed by atoms with Crippen molar-refractivity contribution in [3.05, 3.63) is 70.0 Å². The zero-order valence-electron chi connectivity index (χ0n) is 13.9. The topological polar surface area (TPSA) is 42.0 Å². The summed E-state index contributed by atoms with van der Waals surface area (Å²) >= 11 is 1.64. The monoisotopic (exact) mass is 336 g/mol. The predicted octanol–water partition coefficient (Wildman–Crippen LogP) is 5.00. The number of carbonyl (C=O) groups excluding carboxylic acids is 1. The molecule has 3 nitrogen and oxygen atoms in total. The molecule has 4 heteroatoms. The van der Waals surface area contributed by atoms with Crippen LogP contribution in [0.3, 0.4) is 0 Å². The lowest BCUT2D eigenvalue weighted by Crippen LogP contribution is -2.12. The molecule has 3 rings (SSSR count). The van der Waals surface area contributed by atoms with Gasteiger partial charge in [-0.3, -0.25) is 4.79 Å². The Morgan fingerprint density at radius 3 is 2.38 bits per heavy atom. The summed E-state index contributed by atoms with van der Waals surface area (Å²) < 4.78 is 0. The summed E-state index contributed by atoms with van der Waals surface area (Å²) in [4.78, 5) is 16.6. The lowest BCUT2D eigenvalue weighted by atomic mass is 10.1. The Labute approximate surface area is 146 Å². The van der Waals surface area contributed by atoms with Gasteiger partial charge in [-0.05, 0) is 38.0 Å². The summed E-state index contributed by atoms with van der Waals surface area (Å²) in [6.45, 7) is 4.06. The molecule has 0 fully saturated rings. The van der Waals surface area contributed by atoms with Crippen molar-refractivity contribution in [2.45, 2.75) is 26.7 Å². The summed E-state index contributed by atoms with van der Waals surface area (Å²) in [6.07, 6.45) is 1.23. The molecule has 122 valence electrons. The quantitative estimate of drug-likeness (QED) is 0.712. The Balaban J connectivity index is 1.55. The maximum atomic E-state index is 12.1. The van der Waals surface area contributed by atoms with Crippen molar-refractivity contribution in [3.8, 4) is 11.3 Å². The molecule has 0 unspecified atom stereocenters. The second-order valence-corrected chi connectivity index (χ2v) is 6.93. The molecule has 0 bridgehead atoms. The third-order valence-corrected chi connectivity index (χ3v) is 4.62. The van der Waals surface area contributed by atoms with Gasteiger partial charge in [-0.25, -0.2) is 4.98 Å². The second kappa shape index (κ2) is 7.41. The molecule has 1 N–H and O–H groups in total. The number of nitrogens with zero attached hydrogens (tertiary/aromatic N) is 1. The van der Waals surface area contributed by atoms with Crippen molar-refractivity contribution >= 4 is 22.9 Å². The molecule has 1 amide bonds. The van der Waals surface area contributed by atoms with Gasteiger partial charge in [0.1, 0.15) is 0 Å². The van der Waals surface area contributed by atoms with Crippen molar-refractivity contribution < 1.29 is 4.79 Å². The number of nitrogens with one attached hydrogen (secondary N) is 1. The van der Waals surface area contributed by atoms with Gasteiger partial charge in [0.05, 0.1) is 10.7 Å². The van der Waals surface area contributed by atoms with Crippen LogP contribution in [0.25, 0.3) is 11.3 Å².